The molecule has 2 aromatic rings. The number of carbonyl (C=O) groups excluding carboxylic acids is 2. The Morgan fingerprint density at radius 1 is 1.24 bits per heavy atom. The Hall–Kier alpha value is -3.38. The third-order valence-electron chi connectivity index (χ3n) is 4.53. The van der Waals surface area contributed by atoms with Gasteiger partial charge in [0.05, 0.1) is 17.0 Å². The fraction of sp³-hybridized carbons (Fsp3) is 0.136. The molecule has 0 radical (unpaired) electrons. The van der Waals surface area contributed by atoms with E-state index in [0.717, 1.165) is 5.56 Å². The van der Waals surface area contributed by atoms with Crippen LogP contribution in [-0.2, 0) is 14.3 Å². The standard InChI is InChI=1S/C22H18ClN3O3/c1-26-11-5-8-15(13-26)22(28)29-21-20(27)24-18-10-9-16(23)12-17(18)19(25-21)14-6-3-2-4-7-14/h2-7,9-13,21H,8H2,1H3,(H,24,27). The highest BCUT2D eigenvalue weighted by molar-refractivity contribution is 6.32. The van der Waals surface area contributed by atoms with Gasteiger partial charge in [-0.25, -0.2) is 9.79 Å². The molecule has 4 rings (SSSR count). The maximum absolute atomic E-state index is 12.7. The van der Waals surface area contributed by atoms with E-state index in [0.29, 0.717) is 34.0 Å². The summed E-state index contributed by atoms with van der Waals surface area (Å²) in [5.41, 5.74) is 2.97. The first-order valence-corrected chi connectivity index (χ1v) is 9.43. The van der Waals surface area contributed by atoms with Gasteiger partial charge in [0.25, 0.3) is 12.1 Å². The zero-order valence-corrected chi connectivity index (χ0v) is 16.4. The van der Waals surface area contributed by atoms with Crippen molar-refractivity contribution in [3.63, 3.8) is 0 Å². The number of hydrogen-bond donors (Lipinski definition) is 1. The average Bonchev–Trinajstić information content (AvgIpc) is 2.85. The molecular formula is C22H18ClN3O3. The van der Waals surface area contributed by atoms with E-state index in [9.17, 15) is 9.59 Å². The highest BCUT2D eigenvalue weighted by atomic mass is 35.5. The second-order valence-electron chi connectivity index (χ2n) is 6.69. The number of aliphatic imine (C=N–C) groups is 1. The largest absolute Gasteiger partial charge is 0.427 e. The topological polar surface area (TPSA) is 71.0 Å². The van der Waals surface area contributed by atoms with Gasteiger partial charge in [0, 0.05) is 35.8 Å². The van der Waals surface area contributed by atoms with Crippen LogP contribution in [0.2, 0.25) is 5.02 Å². The third-order valence-corrected chi connectivity index (χ3v) is 4.77. The summed E-state index contributed by atoms with van der Waals surface area (Å²) in [5, 5.41) is 3.30. The number of nitrogens with zero attached hydrogens (tertiary/aromatic N) is 2. The Bertz CT molecular complexity index is 1060. The van der Waals surface area contributed by atoms with Crippen LogP contribution < -0.4 is 5.32 Å². The highest BCUT2D eigenvalue weighted by Gasteiger charge is 2.30. The molecule has 2 aliphatic heterocycles. The van der Waals surface area contributed by atoms with E-state index in [1.165, 1.54) is 0 Å². The third kappa shape index (κ3) is 4.07. The second-order valence-corrected chi connectivity index (χ2v) is 7.13. The minimum atomic E-state index is -1.32. The van der Waals surface area contributed by atoms with Crippen LogP contribution in [0.3, 0.4) is 0 Å². The predicted molar refractivity (Wildman–Crippen MR) is 112 cm³/mol. The van der Waals surface area contributed by atoms with Crippen molar-refractivity contribution < 1.29 is 14.3 Å². The molecule has 2 heterocycles. The van der Waals surface area contributed by atoms with Crippen LogP contribution in [0.15, 0.2) is 77.6 Å². The first-order valence-electron chi connectivity index (χ1n) is 9.05. The lowest BCUT2D eigenvalue weighted by atomic mass is 10.0. The number of benzodiazepines with no additional fused rings is 1. The number of amides is 1. The minimum absolute atomic E-state index is 0.433. The van der Waals surface area contributed by atoms with Crippen LogP contribution in [0.5, 0.6) is 0 Å². The number of fused-ring (bicyclic) bond motifs is 1. The number of benzene rings is 2. The van der Waals surface area contributed by atoms with Gasteiger partial charge in [0.15, 0.2) is 0 Å². The number of esters is 1. The summed E-state index contributed by atoms with van der Waals surface area (Å²) < 4.78 is 5.48. The van der Waals surface area contributed by atoms with Gasteiger partial charge < -0.3 is 15.0 Å². The maximum Gasteiger partial charge on any atom is 0.338 e. The number of allylic oxidation sites excluding steroid dienone is 1. The molecule has 146 valence electrons. The Morgan fingerprint density at radius 3 is 2.79 bits per heavy atom. The van der Waals surface area contributed by atoms with E-state index in [1.807, 2.05) is 49.7 Å². The molecule has 1 atom stereocenters. The van der Waals surface area contributed by atoms with E-state index in [2.05, 4.69) is 10.3 Å². The van der Waals surface area contributed by atoms with Crippen LogP contribution >= 0.6 is 11.6 Å². The SMILES string of the molecule is CN1C=CCC(C(=O)OC2N=C(c3ccccc3)c3cc(Cl)ccc3NC2=O)=C1. The molecule has 0 aliphatic carbocycles. The van der Waals surface area contributed by atoms with Gasteiger partial charge in [-0.3, -0.25) is 4.79 Å². The summed E-state index contributed by atoms with van der Waals surface area (Å²) >= 11 is 6.18. The number of rotatable bonds is 3. The van der Waals surface area contributed by atoms with E-state index >= 15 is 0 Å². The lowest BCUT2D eigenvalue weighted by Crippen LogP contribution is -2.31. The van der Waals surface area contributed by atoms with E-state index in [1.54, 1.807) is 29.3 Å². The quantitative estimate of drug-likeness (QED) is 0.787. The molecule has 1 amide bonds. The van der Waals surface area contributed by atoms with E-state index in [4.69, 9.17) is 16.3 Å². The summed E-state index contributed by atoms with van der Waals surface area (Å²) in [4.78, 5) is 31.6. The highest BCUT2D eigenvalue weighted by Crippen LogP contribution is 2.28. The van der Waals surface area contributed by atoms with Gasteiger partial charge in [-0.05, 0) is 24.4 Å². The molecular weight excluding hydrogens is 390 g/mol. The molecule has 0 bridgehead atoms. The van der Waals surface area contributed by atoms with E-state index < -0.39 is 18.1 Å². The van der Waals surface area contributed by atoms with Gasteiger partial charge in [-0.1, -0.05) is 48.0 Å². The fourth-order valence-corrected chi connectivity index (χ4v) is 3.34. The zero-order valence-electron chi connectivity index (χ0n) is 15.6. The summed E-state index contributed by atoms with van der Waals surface area (Å²) in [6.45, 7) is 0. The van der Waals surface area contributed by atoms with Crippen molar-refractivity contribution in [3.05, 3.63) is 88.7 Å². The number of anilines is 1. The molecule has 1 unspecified atom stereocenters. The normalized spacial score (nSPS) is 18.2. The van der Waals surface area contributed by atoms with Crippen LogP contribution in [0.25, 0.3) is 0 Å². The Balaban J connectivity index is 1.72. The summed E-state index contributed by atoms with van der Waals surface area (Å²) in [6.07, 6.45) is 4.48. The lowest BCUT2D eigenvalue weighted by molar-refractivity contribution is -0.149. The van der Waals surface area contributed by atoms with Gasteiger partial charge in [-0.15, -0.1) is 0 Å². The molecule has 0 saturated carbocycles. The maximum atomic E-state index is 12.7. The lowest BCUT2D eigenvalue weighted by Gasteiger charge is -2.18. The van der Waals surface area contributed by atoms with Crippen molar-refractivity contribution >= 4 is 34.9 Å². The average molecular weight is 408 g/mol. The second kappa shape index (κ2) is 7.93. The molecule has 0 fully saturated rings. The number of hydrogen-bond acceptors (Lipinski definition) is 5. The molecule has 7 heteroatoms. The van der Waals surface area contributed by atoms with Crippen molar-refractivity contribution in [2.24, 2.45) is 4.99 Å². The van der Waals surface area contributed by atoms with Gasteiger partial charge >= 0.3 is 5.97 Å². The van der Waals surface area contributed by atoms with Crippen molar-refractivity contribution in [3.8, 4) is 0 Å². The van der Waals surface area contributed by atoms with Crippen molar-refractivity contribution in [2.75, 3.05) is 12.4 Å². The first kappa shape index (κ1) is 19.0. The van der Waals surface area contributed by atoms with Crippen LogP contribution in [-0.4, -0.2) is 35.8 Å². The molecule has 1 N–H and O–H groups in total. The van der Waals surface area contributed by atoms with Crippen molar-refractivity contribution in [1.29, 1.82) is 0 Å². The first-order chi connectivity index (χ1) is 14.0. The minimum Gasteiger partial charge on any atom is -0.427 e. The zero-order chi connectivity index (χ0) is 20.4. The summed E-state index contributed by atoms with van der Waals surface area (Å²) in [7, 11) is 1.81. The van der Waals surface area contributed by atoms with Crippen LogP contribution in [0.4, 0.5) is 5.69 Å². The van der Waals surface area contributed by atoms with E-state index in [-0.39, 0.29) is 0 Å². The number of halogens is 1. The van der Waals surface area contributed by atoms with Gasteiger partial charge in [-0.2, -0.15) is 0 Å². The Morgan fingerprint density at radius 2 is 2.03 bits per heavy atom. The monoisotopic (exact) mass is 407 g/mol. The fourth-order valence-electron chi connectivity index (χ4n) is 3.17. The molecule has 2 aromatic carbocycles. The molecule has 2 aliphatic rings. The number of ether oxygens (including phenoxy) is 1. The molecule has 6 nitrogen and oxygen atoms in total. The molecule has 29 heavy (non-hydrogen) atoms. The van der Waals surface area contributed by atoms with Crippen molar-refractivity contribution in [2.45, 2.75) is 12.6 Å². The van der Waals surface area contributed by atoms with Crippen LogP contribution in [0, 0.1) is 0 Å². The van der Waals surface area contributed by atoms with Gasteiger partial charge in [0.1, 0.15) is 0 Å². The Kier molecular flexibility index (Phi) is 5.18. The molecule has 0 aromatic heterocycles. The van der Waals surface area contributed by atoms with Crippen molar-refractivity contribution in [1.82, 2.24) is 4.90 Å². The molecule has 0 saturated heterocycles. The predicted octanol–water partition coefficient (Wildman–Crippen LogP) is 3.73. The summed E-state index contributed by atoms with van der Waals surface area (Å²) in [6, 6.07) is 14.5. The molecule has 0 spiro atoms. The smallest absolute Gasteiger partial charge is 0.338 e. The van der Waals surface area contributed by atoms with Gasteiger partial charge in [0.2, 0.25) is 0 Å². The number of nitrogens with one attached hydrogen (secondary N) is 1. The number of carbonyl (C=O) groups is 2. The summed E-state index contributed by atoms with van der Waals surface area (Å²) in [5.74, 6) is -1.10. The van der Waals surface area contributed by atoms with Crippen LogP contribution in [0.1, 0.15) is 17.5 Å². The Labute approximate surface area is 173 Å².